The summed E-state index contributed by atoms with van der Waals surface area (Å²) in [5, 5.41) is 13.7. The van der Waals surface area contributed by atoms with Gasteiger partial charge in [0.15, 0.2) is 5.96 Å². The quantitative estimate of drug-likeness (QED) is 0.282. The van der Waals surface area contributed by atoms with Gasteiger partial charge in [0.1, 0.15) is 0 Å². The van der Waals surface area contributed by atoms with Gasteiger partial charge in [0.2, 0.25) is 5.91 Å². The summed E-state index contributed by atoms with van der Waals surface area (Å²) in [6.45, 7) is 8.11. The zero-order valence-corrected chi connectivity index (χ0v) is 19.3. The lowest BCUT2D eigenvalue weighted by Crippen LogP contribution is -2.36. The van der Waals surface area contributed by atoms with Crippen LogP contribution < -0.4 is 16.0 Å². The van der Waals surface area contributed by atoms with E-state index in [0.717, 1.165) is 30.2 Å². The van der Waals surface area contributed by atoms with Crippen LogP contribution >= 0.6 is 35.3 Å². The van der Waals surface area contributed by atoms with Crippen LogP contribution in [0.15, 0.2) is 46.1 Å². The van der Waals surface area contributed by atoms with Crippen molar-refractivity contribution in [2.24, 2.45) is 10.9 Å². The van der Waals surface area contributed by atoms with Gasteiger partial charge in [0.25, 0.3) is 0 Å². The number of anilines is 1. The van der Waals surface area contributed by atoms with E-state index in [1.54, 1.807) is 11.3 Å². The molecule has 27 heavy (non-hydrogen) atoms. The number of carbonyl (C=O) groups excluding carboxylic acids is 1. The monoisotopic (exact) mass is 500 g/mol. The van der Waals surface area contributed by atoms with Crippen molar-refractivity contribution in [1.82, 2.24) is 10.6 Å². The number of hydrogen-bond donors (Lipinski definition) is 3. The Labute approximate surface area is 183 Å². The number of aliphatic imine (C=N–C) groups is 1. The summed E-state index contributed by atoms with van der Waals surface area (Å²) in [7, 11) is 0. The van der Waals surface area contributed by atoms with Crippen LogP contribution in [0.3, 0.4) is 0 Å². The molecule has 0 aliphatic heterocycles. The predicted octanol–water partition coefficient (Wildman–Crippen LogP) is 4.61. The second-order valence-electron chi connectivity index (χ2n) is 6.18. The van der Waals surface area contributed by atoms with Crippen LogP contribution in [0.25, 0.3) is 0 Å². The number of halogens is 1. The molecule has 0 saturated carbocycles. The van der Waals surface area contributed by atoms with Gasteiger partial charge in [-0.05, 0) is 53.4 Å². The van der Waals surface area contributed by atoms with E-state index in [9.17, 15) is 4.79 Å². The first-order chi connectivity index (χ1) is 12.6. The molecule has 2 aromatic rings. The molecule has 1 amide bonds. The zero-order valence-electron chi connectivity index (χ0n) is 16.1. The smallest absolute Gasteiger partial charge is 0.227 e. The third-order valence-corrected chi connectivity index (χ3v) is 4.79. The maximum Gasteiger partial charge on any atom is 0.227 e. The summed E-state index contributed by atoms with van der Waals surface area (Å²) in [4.78, 5) is 16.7. The van der Waals surface area contributed by atoms with Crippen LogP contribution in [0.5, 0.6) is 0 Å². The predicted molar refractivity (Wildman–Crippen MR) is 126 cm³/mol. The standard InChI is InChI=1S/C20H28N4OS.HI/c1-4-15(3)19(25)24-18-8-6-7-16(11-18)12-22-20(21-5-2)23-13-17-9-10-26-14-17;/h6-11,14-15H,4-5,12-13H2,1-3H3,(H,24,25)(H2,21,22,23);1H. The fraction of sp³-hybridized carbons (Fsp3) is 0.400. The van der Waals surface area contributed by atoms with Gasteiger partial charge in [-0.1, -0.05) is 26.0 Å². The van der Waals surface area contributed by atoms with Crippen molar-refractivity contribution >= 4 is 52.9 Å². The minimum absolute atomic E-state index is 0. The largest absolute Gasteiger partial charge is 0.357 e. The van der Waals surface area contributed by atoms with Gasteiger partial charge in [0.05, 0.1) is 6.54 Å². The van der Waals surface area contributed by atoms with Gasteiger partial charge in [-0.15, -0.1) is 24.0 Å². The molecule has 1 unspecified atom stereocenters. The molecule has 0 fully saturated rings. The lowest BCUT2D eigenvalue weighted by atomic mass is 10.1. The fourth-order valence-electron chi connectivity index (χ4n) is 2.29. The average Bonchev–Trinajstić information content (AvgIpc) is 3.17. The van der Waals surface area contributed by atoms with Crippen LogP contribution in [0.1, 0.15) is 38.3 Å². The van der Waals surface area contributed by atoms with E-state index >= 15 is 0 Å². The molecule has 1 atom stereocenters. The van der Waals surface area contributed by atoms with E-state index in [1.165, 1.54) is 5.56 Å². The maximum atomic E-state index is 12.0. The van der Waals surface area contributed by atoms with Gasteiger partial charge < -0.3 is 16.0 Å². The van der Waals surface area contributed by atoms with Crippen molar-refractivity contribution in [3.05, 3.63) is 52.2 Å². The lowest BCUT2D eigenvalue weighted by Gasteiger charge is -2.13. The third-order valence-electron chi connectivity index (χ3n) is 4.06. The van der Waals surface area contributed by atoms with E-state index in [2.05, 4.69) is 37.8 Å². The van der Waals surface area contributed by atoms with E-state index in [-0.39, 0.29) is 35.8 Å². The molecule has 0 saturated heterocycles. The van der Waals surface area contributed by atoms with Gasteiger partial charge in [-0.2, -0.15) is 11.3 Å². The average molecular weight is 500 g/mol. The van der Waals surface area contributed by atoms with Gasteiger partial charge in [-0.3, -0.25) is 4.79 Å². The molecule has 0 bridgehead atoms. The molecule has 1 heterocycles. The highest BCUT2D eigenvalue weighted by molar-refractivity contribution is 14.0. The summed E-state index contributed by atoms with van der Waals surface area (Å²) < 4.78 is 0. The summed E-state index contributed by atoms with van der Waals surface area (Å²) in [5.74, 6) is 0.859. The van der Waals surface area contributed by atoms with Gasteiger partial charge in [-0.25, -0.2) is 4.99 Å². The first-order valence-electron chi connectivity index (χ1n) is 9.05. The molecule has 0 spiro atoms. The van der Waals surface area contributed by atoms with Crippen molar-refractivity contribution in [1.29, 1.82) is 0 Å². The van der Waals surface area contributed by atoms with Crippen molar-refractivity contribution in [2.45, 2.75) is 40.3 Å². The highest BCUT2D eigenvalue weighted by Crippen LogP contribution is 2.13. The molecule has 7 heteroatoms. The molecule has 1 aromatic carbocycles. The highest BCUT2D eigenvalue weighted by atomic mass is 127. The lowest BCUT2D eigenvalue weighted by molar-refractivity contribution is -0.119. The molecule has 5 nitrogen and oxygen atoms in total. The third kappa shape index (κ3) is 8.30. The minimum Gasteiger partial charge on any atom is -0.357 e. The molecular formula is C20H29IN4OS. The summed E-state index contributed by atoms with van der Waals surface area (Å²) in [6.07, 6.45) is 0.833. The number of benzene rings is 1. The Morgan fingerprint density at radius 1 is 1.19 bits per heavy atom. The van der Waals surface area contributed by atoms with Gasteiger partial charge >= 0.3 is 0 Å². The molecule has 1 aromatic heterocycles. The van der Waals surface area contributed by atoms with Crippen molar-refractivity contribution < 1.29 is 4.79 Å². The summed E-state index contributed by atoms with van der Waals surface area (Å²) >= 11 is 1.68. The Hall–Kier alpha value is -1.61. The van der Waals surface area contributed by atoms with E-state index in [0.29, 0.717) is 13.1 Å². The van der Waals surface area contributed by atoms with E-state index < -0.39 is 0 Å². The number of amides is 1. The normalized spacial score (nSPS) is 12.0. The molecule has 0 aliphatic rings. The highest BCUT2D eigenvalue weighted by Gasteiger charge is 2.10. The van der Waals surface area contributed by atoms with Crippen molar-refractivity contribution in [2.75, 3.05) is 11.9 Å². The Kier molecular flexibility index (Phi) is 11.0. The first kappa shape index (κ1) is 23.4. The molecule has 2 rings (SSSR count). The molecule has 3 N–H and O–H groups in total. The molecule has 0 radical (unpaired) electrons. The van der Waals surface area contributed by atoms with E-state index in [1.807, 2.05) is 45.0 Å². The first-order valence-corrected chi connectivity index (χ1v) is 9.99. The number of guanidine groups is 1. The fourth-order valence-corrected chi connectivity index (χ4v) is 2.95. The van der Waals surface area contributed by atoms with Gasteiger partial charge in [0, 0.05) is 24.7 Å². The van der Waals surface area contributed by atoms with Crippen molar-refractivity contribution in [3.8, 4) is 0 Å². The number of nitrogens with one attached hydrogen (secondary N) is 3. The second kappa shape index (κ2) is 12.7. The maximum absolute atomic E-state index is 12.0. The number of hydrogen-bond acceptors (Lipinski definition) is 3. The second-order valence-corrected chi connectivity index (χ2v) is 6.96. The van der Waals surface area contributed by atoms with Crippen LogP contribution in [-0.4, -0.2) is 18.4 Å². The topological polar surface area (TPSA) is 65.5 Å². The van der Waals surface area contributed by atoms with Crippen LogP contribution in [0, 0.1) is 5.92 Å². The zero-order chi connectivity index (χ0) is 18.8. The minimum atomic E-state index is 0. The molecule has 0 aliphatic carbocycles. The Balaban J connectivity index is 0.00000364. The Bertz CT molecular complexity index is 719. The number of rotatable bonds is 8. The van der Waals surface area contributed by atoms with E-state index in [4.69, 9.17) is 0 Å². The number of nitrogens with zero attached hydrogens (tertiary/aromatic N) is 1. The van der Waals surface area contributed by atoms with Crippen LogP contribution in [-0.2, 0) is 17.9 Å². The summed E-state index contributed by atoms with van der Waals surface area (Å²) in [6, 6.07) is 9.99. The number of thiophene rings is 1. The summed E-state index contributed by atoms with van der Waals surface area (Å²) in [5.41, 5.74) is 3.13. The SMILES string of the molecule is CCNC(=NCc1ccsc1)NCc1cccc(NC(=O)C(C)CC)c1.I. The Morgan fingerprint density at radius 2 is 2.00 bits per heavy atom. The van der Waals surface area contributed by atoms with Crippen molar-refractivity contribution in [3.63, 3.8) is 0 Å². The molecular weight excluding hydrogens is 471 g/mol. The number of carbonyl (C=O) groups is 1. The Morgan fingerprint density at radius 3 is 2.67 bits per heavy atom. The van der Waals surface area contributed by atoms with Crippen LogP contribution in [0.2, 0.25) is 0 Å². The van der Waals surface area contributed by atoms with Crippen LogP contribution in [0.4, 0.5) is 5.69 Å². The molecule has 148 valence electrons.